The number of nitrogens with two attached hydrogens (primary N) is 2. The minimum Gasteiger partial charge on any atom is -0.493 e. The highest BCUT2D eigenvalue weighted by atomic mass is 35.5. The van der Waals surface area contributed by atoms with Crippen LogP contribution in [0.5, 0.6) is 11.5 Å². The first-order chi connectivity index (χ1) is 14.5. The van der Waals surface area contributed by atoms with Crippen molar-refractivity contribution in [3.8, 4) is 22.6 Å². The number of hydrogen-bond acceptors (Lipinski definition) is 7. The summed E-state index contributed by atoms with van der Waals surface area (Å²) in [5.41, 5.74) is 14.5. The van der Waals surface area contributed by atoms with Crippen molar-refractivity contribution >= 4 is 30.1 Å². The number of halogens is 1. The highest BCUT2D eigenvalue weighted by molar-refractivity contribution is 5.85. The molecule has 31 heavy (non-hydrogen) atoms. The second-order valence-corrected chi connectivity index (χ2v) is 6.62. The summed E-state index contributed by atoms with van der Waals surface area (Å²) in [6.07, 6.45) is 2.30. The molecule has 8 nitrogen and oxygen atoms in total. The molecule has 1 aromatic heterocycles. The Morgan fingerprint density at radius 3 is 2.35 bits per heavy atom. The minimum absolute atomic E-state index is 0. The van der Waals surface area contributed by atoms with Crippen molar-refractivity contribution in [3.05, 3.63) is 60.3 Å². The number of aliphatic carboxylic acids is 1. The van der Waals surface area contributed by atoms with E-state index in [1.165, 1.54) is 0 Å². The van der Waals surface area contributed by atoms with E-state index in [0.29, 0.717) is 30.3 Å². The molecule has 0 fully saturated rings. The van der Waals surface area contributed by atoms with Crippen LogP contribution in [0.2, 0.25) is 0 Å². The summed E-state index contributed by atoms with van der Waals surface area (Å²) in [5.74, 6) is 0.588. The summed E-state index contributed by atoms with van der Waals surface area (Å²) >= 11 is 0. The van der Waals surface area contributed by atoms with Gasteiger partial charge in [-0.2, -0.15) is 4.98 Å². The van der Waals surface area contributed by atoms with Crippen molar-refractivity contribution in [1.29, 1.82) is 0 Å². The maximum Gasteiger partial charge on any atom is 0.341 e. The van der Waals surface area contributed by atoms with Gasteiger partial charge in [-0.3, -0.25) is 0 Å². The van der Waals surface area contributed by atoms with Crippen molar-refractivity contribution in [2.45, 2.75) is 19.3 Å². The Balaban J connectivity index is 0.00000341. The molecule has 9 heteroatoms. The van der Waals surface area contributed by atoms with Gasteiger partial charge in [0.15, 0.2) is 6.61 Å². The number of hydrogen-bond donors (Lipinski definition) is 3. The van der Waals surface area contributed by atoms with Crippen LogP contribution in [0.4, 0.5) is 11.8 Å². The van der Waals surface area contributed by atoms with Crippen LogP contribution in [0.1, 0.15) is 18.5 Å². The maximum absolute atomic E-state index is 10.6. The third-order valence-electron chi connectivity index (χ3n) is 4.34. The molecule has 0 saturated heterocycles. The van der Waals surface area contributed by atoms with Gasteiger partial charge in [-0.1, -0.05) is 36.4 Å². The predicted molar refractivity (Wildman–Crippen MR) is 122 cm³/mol. The number of anilines is 2. The summed E-state index contributed by atoms with van der Waals surface area (Å²) in [4.78, 5) is 19.1. The quantitative estimate of drug-likeness (QED) is 0.404. The summed E-state index contributed by atoms with van der Waals surface area (Å²) in [5, 5.41) is 8.68. The van der Waals surface area contributed by atoms with E-state index in [0.717, 1.165) is 29.7 Å². The number of aryl methyl sites for hydroxylation is 1. The monoisotopic (exact) mass is 444 g/mol. The number of benzene rings is 2. The van der Waals surface area contributed by atoms with Gasteiger partial charge in [0.1, 0.15) is 17.3 Å². The topological polar surface area (TPSA) is 134 Å². The second-order valence-electron chi connectivity index (χ2n) is 6.62. The SMILES string of the molecule is Cl.Nc1nc(N)c(-c2ccccc2)c(CCCCOc2cccc(OCC(=O)O)c2)n1. The Kier molecular flexibility index (Phi) is 8.90. The lowest BCUT2D eigenvalue weighted by Crippen LogP contribution is -2.09. The molecule has 0 aliphatic heterocycles. The van der Waals surface area contributed by atoms with Gasteiger partial charge in [0.2, 0.25) is 5.95 Å². The van der Waals surface area contributed by atoms with Crippen LogP contribution < -0.4 is 20.9 Å². The van der Waals surface area contributed by atoms with Crippen molar-refractivity contribution in [1.82, 2.24) is 9.97 Å². The number of aromatic nitrogens is 2. The molecular weight excluding hydrogens is 420 g/mol. The lowest BCUT2D eigenvalue weighted by molar-refractivity contribution is -0.139. The Hall–Kier alpha value is -3.52. The number of rotatable bonds is 10. The zero-order valence-electron chi connectivity index (χ0n) is 16.9. The average Bonchev–Trinajstić information content (AvgIpc) is 2.72. The van der Waals surface area contributed by atoms with Crippen LogP contribution in [-0.4, -0.2) is 34.3 Å². The molecule has 2 aromatic carbocycles. The standard InChI is InChI=1S/C22H24N4O4.ClH/c23-21-20(15-7-2-1-3-8-15)18(25-22(24)26-21)11-4-5-12-29-16-9-6-10-17(13-16)30-14-19(27)28;/h1-3,6-10,13H,4-5,11-12,14H2,(H,27,28)(H4,23,24,25,26);1H. The van der Waals surface area contributed by atoms with Crippen molar-refractivity contribution in [2.75, 3.05) is 24.7 Å². The first-order valence-corrected chi connectivity index (χ1v) is 9.57. The Morgan fingerprint density at radius 1 is 0.935 bits per heavy atom. The Morgan fingerprint density at radius 2 is 1.65 bits per heavy atom. The summed E-state index contributed by atoms with van der Waals surface area (Å²) in [6, 6.07) is 16.7. The van der Waals surface area contributed by atoms with Gasteiger partial charge >= 0.3 is 5.97 Å². The van der Waals surface area contributed by atoms with Gasteiger partial charge in [-0.05, 0) is 37.0 Å². The number of carboxylic acid groups (broad SMARTS) is 1. The van der Waals surface area contributed by atoms with Crippen LogP contribution in [0.25, 0.3) is 11.1 Å². The molecule has 3 aromatic rings. The molecule has 0 radical (unpaired) electrons. The molecule has 0 saturated carbocycles. The predicted octanol–water partition coefficient (Wildman–Crippen LogP) is 3.59. The fourth-order valence-corrected chi connectivity index (χ4v) is 3.03. The lowest BCUT2D eigenvalue weighted by Gasteiger charge is -2.12. The number of carboxylic acids is 1. The molecule has 164 valence electrons. The van der Waals surface area contributed by atoms with E-state index in [2.05, 4.69) is 9.97 Å². The van der Waals surface area contributed by atoms with E-state index in [1.807, 2.05) is 30.3 Å². The van der Waals surface area contributed by atoms with E-state index in [4.69, 9.17) is 26.0 Å². The molecule has 0 bridgehead atoms. The smallest absolute Gasteiger partial charge is 0.341 e. The van der Waals surface area contributed by atoms with E-state index < -0.39 is 12.6 Å². The Labute approximate surface area is 186 Å². The molecule has 5 N–H and O–H groups in total. The fourth-order valence-electron chi connectivity index (χ4n) is 3.03. The highest BCUT2D eigenvalue weighted by Crippen LogP contribution is 2.29. The average molecular weight is 445 g/mol. The van der Waals surface area contributed by atoms with Crippen molar-refractivity contribution < 1.29 is 19.4 Å². The number of unbranched alkanes of at least 4 members (excludes halogenated alkanes) is 1. The van der Waals surface area contributed by atoms with E-state index in [1.54, 1.807) is 24.3 Å². The number of nitrogens with zero attached hydrogens (tertiary/aromatic N) is 2. The molecule has 1 heterocycles. The summed E-state index contributed by atoms with van der Waals surface area (Å²) in [6.45, 7) is 0.109. The first-order valence-electron chi connectivity index (χ1n) is 9.57. The number of nitrogen functional groups attached to an aromatic ring is 2. The lowest BCUT2D eigenvalue weighted by atomic mass is 10.0. The fraction of sp³-hybridized carbons (Fsp3) is 0.227. The van der Waals surface area contributed by atoms with Gasteiger partial charge in [-0.25, -0.2) is 9.78 Å². The van der Waals surface area contributed by atoms with E-state index in [9.17, 15) is 4.79 Å². The molecule has 0 aliphatic rings. The van der Waals surface area contributed by atoms with Crippen LogP contribution in [0.3, 0.4) is 0 Å². The first kappa shape index (κ1) is 23.8. The largest absolute Gasteiger partial charge is 0.493 e. The van der Waals surface area contributed by atoms with Gasteiger partial charge in [-0.15, -0.1) is 12.4 Å². The van der Waals surface area contributed by atoms with Crippen LogP contribution in [0.15, 0.2) is 54.6 Å². The number of ether oxygens (including phenoxy) is 2. The Bertz CT molecular complexity index is 1000. The normalized spacial score (nSPS) is 10.2. The molecule has 0 unspecified atom stereocenters. The zero-order chi connectivity index (χ0) is 21.3. The maximum atomic E-state index is 10.6. The molecular formula is C22H25ClN4O4. The minimum atomic E-state index is -1.03. The third-order valence-corrected chi connectivity index (χ3v) is 4.34. The van der Waals surface area contributed by atoms with Crippen molar-refractivity contribution in [3.63, 3.8) is 0 Å². The highest BCUT2D eigenvalue weighted by Gasteiger charge is 2.13. The summed E-state index contributed by atoms with van der Waals surface area (Å²) in [7, 11) is 0. The van der Waals surface area contributed by atoms with Gasteiger partial charge in [0.05, 0.1) is 12.3 Å². The third kappa shape index (κ3) is 7.04. The van der Waals surface area contributed by atoms with Crippen molar-refractivity contribution in [2.24, 2.45) is 0 Å². The van der Waals surface area contributed by atoms with Gasteiger partial charge in [0, 0.05) is 11.6 Å². The molecule has 0 amide bonds. The molecule has 3 rings (SSSR count). The molecule has 0 spiro atoms. The second kappa shape index (κ2) is 11.6. The number of carbonyl (C=O) groups is 1. The van der Waals surface area contributed by atoms with Gasteiger partial charge in [0.25, 0.3) is 0 Å². The van der Waals surface area contributed by atoms with Gasteiger partial charge < -0.3 is 26.0 Å². The zero-order valence-corrected chi connectivity index (χ0v) is 17.7. The van der Waals surface area contributed by atoms with Crippen LogP contribution >= 0.6 is 12.4 Å². The van der Waals surface area contributed by atoms with Crippen LogP contribution in [0, 0.1) is 0 Å². The summed E-state index contributed by atoms with van der Waals surface area (Å²) < 4.78 is 10.9. The van der Waals surface area contributed by atoms with E-state index >= 15 is 0 Å². The van der Waals surface area contributed by atoms with Crippen LogP contribution in [-0.2, 0) is 11.2 Å². The molecule has 0 aliphatic carbocycles. The molecule has 0 atom stereocenters. The van der Waals surface area contributed by atoms with E-state index in [-0.39, 0.29) is 18.4 Å².